The summed E-state index contributed by atoms with van der Waals surface area (Å²) in [5.74, 6) is -0.344. The van der Waals surface area contributed by atoms with Gasteiger partial charge in [0.05, 0.1) is 24.4 Å². The van der Waals surface area contributed by atoms with E-state index in [1.165, 1.54) is 23.9 Å². The van der Waals surface area contributed by atoms with Crippen LogP contribution in [-0.4, -0.2) is 53.9 Å². The van der Waals surface area contributed by atoms with Crippen molar-refractivity contribution in [2.24, 2.45) is 0 Å². The highest BCUT2D eigenvalue weighted by molar-refractivity contribution is 5.95. The molecule has 0 bridgehead atoms. The summed E-state index contributed by atoms with van der Waals surface area (Å²) in [6, 6.07) is 13.5. The van der Waals surface area contributed by atoms with Crippen molar-refractivity contribution in [3.05, 3.63) is 81.8 Å². The summed E-state index contributed by atoms with van der Waals surface area (Å²) in [5.41, 5.74) is 0.672. The number of hydrogen-bond acceptors (Lipinski definition) is 5. The van der Waals surface area contributed by atoms with Crippen LogP contribution in [0.15, 0.2) is 59.4 Å². The number of anilines is 1. The van der Waals surface area contributed by atoms with E-state index in [9.17, 15) is 22.8 Å². The Morgan fingerprint density at radius 1 is 1.00 bits per heavy atom. The summed E-state index contributed by atoms with van der Waals surface area (Å²) >= 11 is 0. The first-order valence-corrected chi connectivity index (χ1v) is 10.6. The van der Waals surface area contributed by atoms with Crippen LogP contribution in [0.5, 0.6) is 5.75 Å². The lowest BCUT2D eigenvalue weighted by atomic mass is 10.1. The van der Waals surface area contributed by atoms with E-state index in [1.807, 2.05) is 19.1 Å². The van der Waals surface area contributed by atoms with E-state index in [4.69, 9.17) is 4.74 Å². The van der Waals surface area contributed by atoms with Crippen LogP contribution >= 0.6 is 0 Å². The van der Waals surface area contributed by atoms with Crippen LogP contribution in [0.1, 0.15) is 21.6 Å². The number of nitrogens with zero attached hydrogens (tertiary/aromatic N) is 4. The predicted molar refractivity (Wildman–Crippen MR) is 121 cm³/mol. The second kappa shape index (κ2) is 9.20. The average molecular weight is 472 g/mol. The number of amides is 1. The van der Waals surface area contributed by atoms with Crippen LogP contribution in [0, 0.1) is 6.92 Å². The number of carbonyl (C=O) groups excluding carboxylic acids is 1. The number of hydrogen-bond donors (Lipinski definition) is 0. The Morgan fingerprint density at radius 2 is 1.71 bits per heavy atom. The highest BCUT2D eigenvalue weighted by atomic mass is 19.4. The van der Waals surface area contributed by atoms with Gasteiger partial charge < -0.3 is 14.5 Å². The molecule has 0 N–H and O–H groups in total. The van der Waals surface area contributed by atoms with Gasteiger partial charge in [-0.05, 0) is 36.8 Å². The van der Waals surface area contributed by atoms with Crippen molar-refractivity contribution in [1.82, 2.24) is 14.7 Å². The zero-order chi connectivity index (χ0) is 24.5. The molecule has 1 fully saturated rings. The molecule has 2 heterocycles. The van der Waals surface area contributed by atoms with Crippen molar-refractivity contribution in [2.45, 2.75) is 13.1 Å². The summed E-state index contributed by atoms with van der Waals surface area (Å²) in [7, 11) is 1.36. The number of alkyl halides is 3. The van der Waals surface area contributed by atoms with Gasteiger partial charge >= 0.3 is 6.18 Å². The maximum atomic E-state index is 13.3. The van der Waals surface area contributed by atoms with Gasteiger partial charge in [-0.3, -0.25) is 9.59 Å². The number of para-hydroxylation sites is 1. The Bertz CT molecular complexity index is 1260. The number of rotatable bonds is 4. The molecule has 0 radical (unpaired) electrons. The summed E-state index contributed by atoms with van der Waals surface area (Å²) < 4.78 is 45.6. The fraction of sp³-hybridized carbons (Fsp3) is 0.292. The third-order valence-corrected chi connectivity index (χ3v) is 5.77. The first-order valence-electron chi connectivity index (χ1n) is 10.6. The van der Waals surface area contributed by atoms with Crippen molar-refractivity contribution in [2.75, 3.05) is 38.2 Å². The van der Waals surface area contributed by atoms with E-state index < -0.39 is 23.2 Å². The standard InChI is InChI=1S/C24H23F3N4O3/c1-16-6-3-4-9-19(16)31-21(32)15-20(34-2)22(28-31)23(33)30-12-10-29(11-13-30)18-8-5-7-17(14-18)24(25,26)27/h3-9,14-15H,10-13H2,1-2H3. The molecule has 1 aromatic heterocycles. The molecule has 0 unspecified atom stereocenters. The summed E-state index contributed by atoms with van der Waals surface area (Å²) in [6.45, 7) is 3.11. The van der Waals surface area contributed by atoms with E-state index in [0.29, 0.717) is 24.5 Å². The number of benzene rings is 2. The van der Waals surface area contributed by atoms with Crippen molar-refractivity contribution >= 4 is 11.6 Å². The summed E-state index contributed by atoms with van der Waals surface area (Å²) in [6.07, 6.45) is -4.42. The van der Waals surface area contributed by atoms with E-state index in [-0.39, 0.29) is 24.5 Å². The van der Waals surface area contributed by atoms with Gasteiger partial charge in [0.2, 0.25) is 0 Å². The molecule has 7 nitrogen and oxygen atoms in total. The van der Waals surface area contributed by atoms with Crippen LogP contribution in [-0.2, 0) is 6.18 Å². The van der Waals surface area contributed by atoms with E-state index in [1.54, 1.807) is 28.0 Å². The van der Waals surface area contributed by atoms with Crippen LogP contribution in [0.25, 0.3) is 5.69 Å². The summed E-state index contributed by atoms with van der Waals surface area (Å²) in [5, 5.41) is 4.31. The van der Waals surface area contributed by atoms with Crippen LogP contribution < -0.4 is 15.2 Å². The largest absolute Gasteiger partial charge is 0.494 e. The smallest absolute Gasteiger partial charge is 0.416 e. The normalized spacial score (nSPS) is 14.3. The van der Waals surface area contributed by atoms with Crippen LogP contribution in [0.3, 0.4) is 0 Å². The molecule has 0 spiro atoms. The van der Waals surface area contributed by atoms with Gasteiger partial charge in [0.25, 0.3) is 11.5 Å². The molecule has 4 rings (SSSR count). The van der Waals surface area contributed by atoms with Gasteiger partial charge in [-0.25, -0.2) is 0 Å². The molecule has 1 aliphatic rings. The SMILES string of the molecule is COc1cc(=O)n(-c2ccccc2C)nc1C(=O)N1CCN(c2cccc(C(F)(F)F)c2)CC1. The number of piperazine rings is 1. The Balaban J connectivity index is 1.56. The number of halogens is 3. The Kier molecular flexibility index (Phi) is 6.32. The number of methoxy groups -OCH3 is 1. The molecule has 1 amide bonds. The third kappa shape index (κ3) is 4.61. The molecule has 0 saturated carbocycles. The lowest BCUT2D eigenvalue weighted by molar-refractivity contribution is -0.137. The predicted octanol–water partition coefficient (Wildman–Crippen LogP) is 3.53. The van der Waals surface area contributed by atoms with Gasteiger partial charge in [-0.2, -0.15) is 23.0 Å². The molecule has 178 valence electrons. The molecule has 3 aromatic rings. The molecule has 0 aliphatic carbocycles. The van der Waals surface area contributed by atoms with E-state index in [0.717, 1.165) is 17.7 Å². The number of carbonyl (C=O) groups is 1. The minimum Gasteiger partial charge on any atom is -0.494 e. The molecular formula is C24H23F3N4O3. The van der Waals surface area contributed by atoms with E-state index in [2.05, 4.69) is 5.10 Å². The number of aryl methyl sites for hydroxylation is 1. The van der Waals surface area contributed by atoms with Gasteiger partial charge in [0.1, 0.15) is 0 Å². The summed E-state index contributed by atoms with van der Waals surface area (Å²) in [4.78, 5) is 29.3. The van der Waals surface area contributed by atoms with Crippen molar-refractivity contribution in [3.63, 3.8) is 0 Å². The Labute approximate surface area is 194 Å². The number of ether oxygens (including phenoxy) is 1. The van der Waals surface area contributed by atoms with Gasteiger partial charge in [0, 0.05) is 31.9 Å². The zero-order valence-electron chi connectivity index (χ0n) is 18.7. The topological polar surface area (TPSA) is 67.7 Å². The molecule has 1 aliphatic heterocycles. The first-order chi connectivity index (χ1) is 16.2. The van der Waals surface area contributed by atoms with Gasteiger partial charge in [-0.15, -0.1) is 0 Å². The molecule has 10 heteroatoms. The lowest BCUT2D eigenvalue weighted by Gasteiger charge is -2.36. The Morgan fingerprint density at radius 3 is 2.35 bits per heavy atom. The molecule has 34 heavy (non-hydrogen) atoms. The second-order valence-electron chi connectivity index (χ2n) is 7.93. The highest BCUT2D eigenvalue weighted by Crippen LogP contribution is 2.32. The van der Waals surface area contributed by atoms with Crippen molar-refractivity contribution in [1.29, 1.82) is 0 Å². The molecule has 1 saturated heterocycles. The second-order valence-corrected chi connectivity index (χ2v) is 7.93. The van der Waals surface area contributed by atoms with E-state index >= 15 is 0 Å². The quantitative estimate of drug-likeness (QED) is 0.581. The zero-order valence-corrected chi connectivity index (χ0v) is 18.7. The van der Waals surface area contributed by atoms with Crippen molar-refractivity contribution in [3.8, 4) is 11.4 Å². The van der Waals surface area contributed by atoms with Gasteiger partial charge in [0.15, 0.2) is 11.4 Å². The third-order valence-electron chi connectivity index (χ3n) is 5.77. The van der Waals surface area contributed by atoms with Crippen molar-refractivity contribution < 1.29 is 22.7 Å². The maximum Gasteiger partial charge on any atom is 0.416 e. The minimum atomic E-state index is -4.42. The molecule has 2 aromatic carbocycles. The Hall–Kier alpha value is -3.82. The first kappa shape index (κ1) is 23.3. The fourth-order valence-electron chi connectivity index (χ4n) is 3.91. The molecule has 0 atom stereocenters. The van der Waals surface area contributed by atoms with Gasteiger partial charge in [-0.1, -0.05) is 24.3 Å². The minimum absolute atomic E-state index is 0.00197. The number of aromatic nitrogens is 2. The van der Waals surface area contributed by atoms with Crippen LogP contribution in [0.2, 0.25) is 0 Å². The lowest BCUT2D eigenvalue weighted by Crippen LogP contribution is -2.49. The maximum absolute atomic E-state index is 13.3. The van der Waals surface area contributed by atoms with Crippen LogP contribution in [0.4, 0.5) is 18.9 Å². The highest BCUT2D eigenvalue weighted by Gasteiger charge is 2.32. The fourth-order valence-corrected chi connectivity index (χ4v) is 3.91. The molecular weight excluding hydrogens is 449 g/mol. The average Bonchev–Trinajstić information content (AvgIpc) is 2.83. The monoisotopic (exact) mass is 472 g/mol.